The molecule has 0 unspecified atom stereocenters. The molecule has 4 aromatic carbocycles. The maximum Gasteiger partial charge on any atom is 0.425 e. The van der Waals surface area contributed by atoms with Gasteiger partial charge in [-0.2, -0.15) is 18.6 Å². The largest absolute Gasteiger partial charge is 0.505 e. The van der Waals surface area contributed by atoms with Crippen molar-refractivity contribution in [3.8, 4) is 11.5 Å². The summed E-state index contributed by atoms with van der Waals surface area (Å²) in [4.78, 5) is 42.1. The molecule has 5 N–H and O–H groups in total. The molecule has 24 heteroatoms. The normalized spacial score (nSPS) is 11.3. The fourth-order valence-electron chi connectivity index (χ4n) is 3.84. The van der Waals surface area contributed by atoms with Gasteiger partial charge in [-0.3, -0.25) is 24.8 Å². The lowest BCUT2D eigenvalue weighted by Crippen LogP contribution is -2.02. The van der Waals surface area contributed by atoms with Crippen LogP contribution >= 0.6 is 0 Å². The van der Waals surface area contributed by atoms with Crippen molar-refractivity contribution in [3.63, 3.8) is 0 Å². The number of hydrogen-bond acceptors (Lipinski definition) is 17. The summed E-state index contributed by atoms with van der Waals surface area (Å²) in [5, 5.41) is 76.5. The molecule has 0 saturated carbocycles. The smallest absolute Gasteiger partial charge is 0.425 e. The van der Waals surface area contributed by atoms with Crippen molar-refractivity contribution in [3.05, 3.63) is 86.0 Å². The van der Waals surface area contributed by atoms with E-state index in [1.54, 1.807) is 0 Å². The third kappa shape index (κ3) is 8.07. The molecular formula is C24H14N6O16S2. The second kappa shape index (κ2) is 14.1. The Labute approximate surface area is 265 Å². The number of phenolic OH excluding ortho intramolecular Hbond substituents is 2. The van der Waals surface area contributed by atoms with Crippen molar-refractivity contribution in [1.29, 1.82) is 0 Å². The average molecular weight is 707 g/mol. The van der Waals surface area contributed by atoms with Crippen LogP contribution in [0.15, 0.2) is 79.9 Å². The number of hydrogen-bond donors (Lipinski definition) is 5. The molecule has 4 aromatic rings. The predicted molar refractivity (Wildman–Crippen MR) is 155 cm³/mol. The fraction of sp³-hybridized carbons (Fsp3) is 0. The van der Waals surface area contributed by atoms with Gasteiger partial charge in [-0.25, -0.2) is 9.59 Å². The Morgan fingerprint density at radius 2 is 1.17 bits per heavy atom. The summed E-state index contributed by atoms with van der Waals surface area (Å²) in [5.74, 6) is -5.14. The second-order valence-corrected chi connectivity index (χ2v) is 10.5. The first-order chi connectivity index (χ1) is 22.3. The van der Waals surface area contributed by atoms with Crippen LogP contribution in [-0.4, -0.2) is 67.8 Å². The molecule has 48 heavy (non-hydrogen) atoms. The molecular weight excluding hydrogens is 692 g/mol. The van der Waals surface area contributed by atoms with E-state index in [9.17, 15) is 63.2 Å². The van der Waals surface area contributed by atoms with Crippen LogP contribution in [0.4, 0.5) is 34.1 Å². The molecule has 0 aliphatic heterocycles. The van der Waals surface area contributed by atoms with Gasteiger partial charge in [0.1, 0.15) is 27.4 Å². The zero-order valence-corrected chi connectivity index (χ0v) is 24.6. The minimum atomic E-state index is -5.10. The number of aromatic carboxylic acids is 2. The quantitative estimate of drug-likeness (QED) is 0.0690. The number of fused-ring (bicyclic) bond motifs is 1. The van der Waals surface area contributed by atoms with E-state index in [-0.39, 0.29) is 22.4 Å². The summed E-state index contributed by atoms with van der Waals surface area (Å²) in [6.07, 6.45) is 0. The van der Waals surface area contributed by atoms with Crippen molar-refractivity contribution in [2.75, 3.05) is 0 Å². The van der Waals surface area contributed by atoms with Crippen molar-refractivity contribution in [2.24, 2.45) is 20.5 Å². The lowest BCUT2D eigenvalue weighted by molar-refractivity contribution is -0.385. The number of rotatable bonds is 9. The third-order valence-corrected chi connectivity index (χ3v) is 6.67. The Kier molecular flexibility index (Phi) is 10.5. The molecule has 0 aliphatic carbocycles. The number of carboxylic acids is 2. The van der Waals surface area contributed by atoms with Crippen LogP contribution in [0.25, 0.3) is 10.8 Å². The van der Waals surface area contributed by atoms with Gasteiger partial charge in [0.25, 0.3) is 21.5 Å². The predicted octanol–water partition coefficient (Wildman–Crippen LogP) is 4.54. The van der Waals surface area contributed by atoms with Gasteiger partial charge in [0, 0.05) is 12.1 Å². The topological polar surface area (TPSA) is 356 Å². The summed E-state index contributed by atoms with van der Waals surface area (Å²) in [5.41, 5.74) is -4.72. The number of azo groups is 2. The number of carbonyl (C=O) groups is 2. The SMILES string of the molecule is O=C(O)c1cc(N=Nc2ccc3cc(S(=O)(=O)O)c(N=Nc4ccc([N+](=O)[O-])c(C(=O)O)c4)c(O)c3c2O)ccc1[N+](=O)[O-].O=S(=O)=O. The van der Waals surface area contributed by atoms with Gasteiger partial charge < -0.3 is 20.4 Å². The van der Waals surface area contributed by atoms with Gasteiger partial charge >= 0.3 is 22.5 Å². The van der Waals surface area contributed by atoms with Crippen molar-refractivity contribution in [2.45, 2.75) is 4.90 Å². The van der Waals surface area contributed by atoms with E-state index in [2.05, 4.69) is 20.5 Å². The summed E-state index contributed by atoms with van der Waals surface area (Å²) >= 11 is 0. The first kappa shape index (κ1) is 35.7. The molecule has 22 nitrogen and oxygen atoms in total. The number of benzene rings is 4. The Balaban J connectivity index is 0.00000148. The molecule has 0 heterocycles. The highest BCUT2D eigenvalue weighted by atomic mass is 32.2. The highest BCUT2D eigenvalue weighted by Crippen LogP contribution is 2.48. The highest BCUT2D eigenvalue weighted by Gasteiger charge is 2.25. The molecule has 0 fully saturated rings. The Morgan fingerprint density at radius 1 is 0.708 bits per heavy atom. The highest BCUT2D eigenvalue weighted by molar-refractivity contribution is 7.86. The maximum atomic E-state index is 12.1. The van der Waals surface area contributed by atoms with E-state index in [1.807, 2.05) is 0 Å². The number of aromatic hydroxyl groups is 2. The van der Waals surface area contributed by atoms with Crippen LogP contribution in [-0.2, 0) is 20.7 Å². The Hall–Kier alpha value is -6.79. The van der Waals surface area contributed by atoms with Crippen LogP contribution in [0.5, 0.6) is 11.5 Å². The van der Waals surface area contributed by atoms with E-state index in [0.29, 0.717) is 0 Å². The summed E-state index contributed by atoms with van der Waals surface area (Å²) in [6, 6.07) is 8.42. The van der Waals surface area contributed by atoms with Crippen LogP contribution in [0.3, 0.4) is 0 Å². The first-order valence-electron chi connectivity index (χ1n) is 12.0. The second-order valence-electron chi connectivity index (χ2n) is 8.71. The molecule has 0 aliphatic rings. The standard InChI is InChI=1S/C24H14N6O13S.O3S/c31-21-15(27-25-11-2-5-16(29(37)38)13(8-11)23(33)34)4-1-10-7-18(44(41,42)43)20(22(32)19(10)21)28-26-12-3-6-17(30(39)40)14(9-12)24(35)36;1-4(2)3/h1-9,31-32H,(H,33,34)(H,35,36)(H,41,42,43);. The monoisotopic (exact) mass is 706 g/mol. The molecule has 0 atom stereocenters. The third-order valence-electron chi connectivity index (χ3n) is 5.80. The first-order valence-corrected chi connectivity index (χ1v) is 14.4. The van der Waals surface area contributed by atoms with Crippen LogP contribution in [0, 0.1) is 20.2 Å². The maximum absolute atomic E-state index is 12.1. The Bertz CT molecular complexity index is 2320. The number of carboxylic acid groups (broad SMARTS) is 2. The zero-order chi connectivity index (χ0) is 36.1. The summed E-state index contributed by atoms with van der Waals surface area (Å²) in [6.45, 7) is 0. The van der Waals surface area contributed by atoms with E-state index >= 15 is 0 Å². The Morgan fingerprint density at radius 3 is 1.58 bits per heavy atom. The number of nitro groups is 2. The average Bonchev–Trinajstić information content (AvgIpc) is 2.98. The summed E-state index contributed by atoms with van der Waals surface area (Å²) < 4.78 is 59.2. The molecule has 248 valence electrons. The summed E-state index contributed by atoms with van der Waals surface area (Å²) in [7, 11) is -8.21. The molecule has 0 aromatic heterocycles. The van der Waals surface area contributed by atoms with Crippen molar-refractivity contribution in [1.82, 2.24) is 0 Å². The van der Waals surface area contributed by atoms with Crippen LogP contribution in [0.2, 0.25) is 0 Å². The van der Waals surface area contributed by atoms with Gasteiger partial charge in [-0.05, 0) is 41.8 Å². The van der Waals surface area contributed by atoms with Gasteiger partial charge in [0.15, 0.2) is 11.5 Å². The van der Waals surface area contributed by atoms with E-state index in [0.717, 1.165) is 54.6 Å². The van der Waals surface area contributed by atoms with Gasteiger partial charge in [-0.1, -0.05) is 6.07 Å². The van der Waals surface area contributed by atoms with E-state index in [4.69, 9.17) is 12.6 Å². The molecule has 0 radical (unpaired) electrons. The minimum Gasteiger partial charge on any atom is -0.505 e. The molecule has 0 amide bonds. The molecule has 0 saturated heterocycles. The molecule has 4 rings (SSSR count). The van der Waals surface area contributed by atoms with Gasteiger partial charge in [0.2, 0.25) is 0 Å². The molecule has 0 spiro atoms. The lowest BCUT2D eigenvalue weighted by Gasteiger charge is -2.11. The van der Waals surface area contributed by atoms with Crippen molar-refractivity contribution < 1.29 is 65.5 Å². The molecule has 0 bridgehead atoms. The fourth-order valence-corrected chi connectivity index (χ4v) is 4.49. The number of phenols is 2. The van der Waals surface area contributed by atoms with Gasteiger partial charge in [-0.15, -0.1) is 22.9 Å². The van der Waals surface area contributed by atoms with E-state index < -0.39 is 92.5 Å². The van der Waals surface area contributed by atoms with Crippen LogP contribution in [0.1, 0.15) is 20.7 Å². The lowest BCUT2D eigenvalue weighted by atomic mass is 10.1. The van der Waals surface area contributed by atoms with Crippen LogP contribution < -0.4 is 0 Å². The zero-order valence-electron chi connectivity index (χ0n) is 22.9. The minimum absolute atomic E-state index is 0.155. The van der Waals surface area contributed by atoms with E-state index in [1.165, 1.54) is 0 Å². The number of nitro benzene ring substituents is 2. The number of nitrogens with zero attached hydrogens (tertiary/aromatic N) is 6. The van der Waals surface area contributed by atoms with Crippen molar-refractivity contribution >= 4 is 77.6 Å². The van der Waals surface area contributed by atoms with Gasteiger partial charge in [0.05, 0.1) is 26.6 Å².